The summed E-state index contributed by atoms with van der Waals surface area (Å²) in [5.41, 5.74) is 0. The molecule has 0 radical (unpaired) electrons. The molecule has 1 aromatic rings. The highest BCUT2D eigenvalue weighted by molar-refractivity contribution is 6.34. The first-order chi connectivity index (χ1) is 11.0. The first-order valence-corrected chi connectivity index (χ1v) is 8.43. The molecule has 126 valence electrons. The van der Waals surface area contributed by atoms with Crippen molar-refractivity contribution in [1.29, 1.82) is 0 Å². The van der Waals surface area contributed by atoms with Crippen LogP contribution in [0.4, 0.5) is 0 Å². The number of piperidine rings is 1. The molecule has 0 aromatic heterocycles. The topological polar surface area (TPSA) is 48.0 Å². The summed E-state index contributed by atoms with van der Waals surface area (Å²) in [7, 11) is 0. The highest BCUT2D eigenvalue weighted by Gasteiger charge is 2.41. The molecule has 1 amide bonds. The molecule has 1 aromatic carbocycles. The van der Waals surface area contributed by atoms with Crippen LogP contribution in [0.1, 0.15) is 19.8 Å². The zero-order chi connectivity index (χ0) is 16.4. The van der Waals surface area contributed by atoms with Crippen molar-refractivity contribution in [2.45, 2.75) is 31.7 Å². The minimum atomic E-state index is -0.634. The standard InChI is InChI=1S/C16H19Cl2NO4/c1-11(23-14-10-12(17)2-3-13(14)18)15(20)19-6-4-16(5-7-19)21-8-9-22-16/h2-3,10-11H,4-9H2,1H3/t11-/m0/s1. The molecule has 2 fully saturated rings. The molecular weight excluding hydrogens is 341 g/mol. The molecule has 5 nitrogen and oxygen atoms in total. The van der Waals surface area contributed by atoms with Crippen molar-refractivity contribution in [3.05, 3.63) is 28.2 Å². The molecular formula is C16H19Cl2NO4. The maximum absolute atomic E-state index is 12.5. The van der Waals surface area contributed by atoms with Crippen LogP contribution in [-0.2, 0) is 14.3 Å². The second-order valence-electron chi connectivity index (χ2n) is 5.77. The average Bonchev–Trinajstić information content (AvgIpc) is 2.99. The number of halogens is 2. The Hall–Kier alpha value is -1.01. The molecule has 2 aliphatic rings. The van der Waals surface area contributed by atoms with E-state index < -0.39 is 11.9 Å². The van der Waals surface area contributed by atoms with E-state index in [9.17, 15) is 4.79 Å². The van der Waals surface area contributed by atoms with Crippen molar-refractivity contribution in [3.63, 3.8) is 0 Å². The van der Waals surface area contributed by atoms with E-state index in [1.54, 1.807) is 30.0 Å². The molecule has 3 rings (SSSR count). The number of hydrogen-bond acceptors (Lipinski definition) is 4. The molecule has 0 unspecified atom stereocenters. The number of ether oxygens (including phenoxy) is 3. The third kappa shape index (κ3) is 3.74. The van der Waals surface area contributed by atoms with Gasteiger partial charge in [-0.05, 0) is 19.1 Å². The first kappa shape index (κ1) is 16.8. The van der Waals surface area contributed by atoms with Crippen molar-refractivity contribution in [1.82, 2.24) is 4.90 Å². The Bertz CT molecular complexity index is 579. The fourth-order valence-corrected chi connectivity index (χ4v) is 3.24. The highest BCUT2D eigenvalue weighted by Crippen LogP contribution is 2.32. The molecule has 2 saturated heterocycles. The number of amides is 1. The number of carbonyl (C=O) groups is 1. The first-order valence-electron chi connectivity index (χ1n) is 7.67. The van der Waals surface area contributed by atoms with E-state index in [2.05, 4.69) is 0 Å². The molecule has 1 spiro atoms. The van der Waals surface area contributed by atoms with Crippen LogP contribution in [0.25, 0.3) is 0 Å². The van der Waals surface area contributed by atoms with E-state index in [1.165, 1.54) is 0 Å². The van der Waals surface area contributed by atoms with Crippen LogP contribution in [0.3, 0.4) is 0 Å². The van der Waals surface area contributed by atoms with Gasteiger partial charge < -0.3 is 19.1 Å². The zero-order valence-electron chi connectivity index (χ0n) is 12.9. The van der Waals surface area contributed by atoms with Crippen LogP contribution < -0.4 is 4.74 Å². The van der Waals surface area contributed by atoms with Gasteiger partial charge in [-0.3, -0.25) is 4.79 Å². The third-order valence-corrected chi connectivity index (χ3v) is 4.74. The SMILES string of the molecule is C[C@H](Oc1cc(Cl)ccc1Cl)C(=O)N1CCC2(CC1)OCCO2. The van der Waals surface area contributed by atoms with E-state index in [-0.39, 0.29) is 5.91 Å². The Morgan fingerprint density at radius 2 is 1.91 bits per heavy atom. The van der Waals surface area contributed by atoms with Gasteiger partial charge >= 0.3 is 0 Å². The second-order valence-corrected chi connectivity index (χ2v) is 6.61. The van der Waals surface area contributed by atoms with Crippen LogP contribution in [0.15, 0.2) is 18.2 Å². The van der Waals surface area contributed by atoms with E-state index in [1.807, 2.05) is 0 Å². The van der Waals surface area contributed by atoms with Gasteiger partial charge in [0.1, 0.15) is 5.75 Å². The van der Waals surface area contributed by atoms with E-state index in [0.717, 1.165) is 0 Å². The molecule has 0 saturated carbocycles. The minimum absolute atomic E-state index is 0.0751. The smallest absolute Gasteiger partial charge is 0.263 e. The molecule has 0 bridgehead atoms. The number of nitrogens with zero attached hydrogens (tertiary/aromatic N) is 1. The van der Waals surface area contributed by atoms with Crippen LogP contribution >= 0.6 is 23.2 Å². The normalized spacial score (nSPS) is 21.4. The molecule has 1 atom stereocenters. The lowest BCUT2D eigenvalue weighted by Crippen LogP contribution is -2.50. The summed E-state index contributed by atoms with van der Waals surface area (Å²) in [6, 6.07) is 4.93. The lowest BCUT2D eigenvalue weighted by atomic mass is 10.0. The van der Waals surface area contributed by atoms with Crippen molar-refractivity contribution < 1.29 is 19.0 Å². The van der Waals surface area contributed by atoms with Gasteiger partial charge in [0.15, 0.2) is 11.9 Å². The summed E-state index contributed by atoms with van der Waals surface area (Å²) in [4.78, 5) is 14.3. The number of benzene rings is 1. The van der Waals surface area contributed by atoms with E-state index in [4.69, 9.17) is 37.4 Å². The van der Waals surface area contributed by atoms with Crippen LogP contribution in [0.2, 0.25) is 10.0 Å². The number of hydrogen-bond donors (Lipinski definition) is 0. The quantitative estimate of drug-likeness (QED) is 0.831. The number of likely N-dealkylation sites (tertiary alicyclic amines) is 1. The highest BCUT2D eigenvalue weighted by atomic mass is 35.5. The fourth-order valence-electron chi connectivity index (χ4n) is 2.92. The zero-order valence-corrected chi connectivity index (χ0v) is 14.4. The van der Waals surface area contributed by atoms with Crippen molar-refractivity contribution in [3.8, 4) is 5.75 Å². The van der Waals surface area contributed by atoms with E-state index in [0.29, 0.717) is 54.9 Å². The number of carbonyl (C=O) groups excluding carboxylic acids is 1. The summed E-state index contributed by atoms with van der Waals surface area (Å²) in [6.45, 7) is 4.15. The Morgan fingerprint density at radius 3 is 2.57 bits per heavy atom. The van der Waals surface area contributed by atoms with Crippen molar-refractivity contribution in [2.75, 3.05) is 26.3 Å². The van der Waals surface area contributed by atoms with Gasteiger partial charge in [0.2, 0.25) is 0 Å². The molecule has 0 N–H and O–H groups in total. The summed E-state index contributed by atoms with van der Waals surface area (Å²) in [6.07, 6.45) is 0.734. The third-order valence-electron chi connectivity index (χ3n) is 4.20. The Morgan fingerprint density at radius 1 is 1.26 bits per heavy atom. The average molecular weight is 360 g/mol. The minimum Gasteiger partial charge on any atom is -0.479 e. The summed E-state index contributed by atoms with van der Waals surface area (Å²) in [5.74, 6) is -0.151. The lowest BCUT2D eigenvalue weighted by Gasteiger charge is -2.38. The molecule has 23 heavy (non-hydrogen) atoms. The predicted octanol–water partition coefficient (Wildman–Crippen LogP) is 3.13. The molecule has 2 heterocycles. The second kappa shape index (κ2) is 6.85. The van der Waals surface area contributed by atoms with Gasteiger partial charge in [-0.25, -0.2) is 0 Å². The monoisotopic (exact) mass is 359 g/mol. The molecule has 0 aliphatic carbocycles. The van der Waals surface area contributed by atoms with Gasteiger partial charge in [-0.15, -0.1) is 0 Å². The maximum atomic E-state index is 12.5. The predicted molar refractivity (Wildman–Crippen MR) is 87.0 cm³/mol. The Labute approximate surface area is 145 Å². The van der Waals surface area contributed by atoms with Gasteiger partial charge in [-0.2, -0.15) is 0 Å². The Balaban J connectivity index is 1.58. The molecule has 2 aliphatic heterocycles. The van der Waals surface area contributed by atoms with Gasteiger partial charge in [0, 0.05) is 37.0 Å². The largest absolute Gasteiger partial charge is 0.479 e. The van der Waals surface area contributed by atoms with Crippen LogP contribution in [-0.4, -0.2) is 49.0 Å². The fraction of sp³-hybridized carbons (Fsp3) is 0.562. The van der Waals surface area contributed by atoms with Crippen molar-refractivity contribution >= 4 is 29.1 Å². The lowest BCUT2D eigenvalue weighted by molar-refractivity contribution is -0.188. The van der Waals surface area contributed by atoms with Gasteiger partial charge in [-0.1, -0.05) is 23.2 Å². The molecule has 7 heteroatoms. The summed E-state index contributed by atoms with van der Waals surface area (Å²) >= 11 is 12.0. The summed E-state index contributed by atoms with van der Waals surface area (Å²) < 4.78 is 17.0. The van der Waals surface area contributed by atoms with Gasteiger partial charge in [0.05, 0.1) is 18.2 Å². The summed E-state index contributed by atoms with van der Waals surface area (Å²) in [5, 5.41) is 0.943. The van der Waals surface area contributed by atoms with Crippen LogP contribution in [0, 0.1) is 0 Å². The van der Waals surface area contributed by atoms with Crippen molar-refractivity contribution in [2.24, 2.45) is 0 Å². The number of rotatable bonds is 3. The van der Waals surface area contributed by atoms with E-state index >= 15 is 0 Å². The Kier molecular flexibility index (Phi) is 5.01. The van der Waals surface area contributed by atoms with Crippen LogP contribution in [0.5, 0.6) is 5.75 Å². The van der Waals surface area contributed by atoms with Gasteiger partial charge in [0.25, 0.3) is 5.91 Å². The maximum Gasteiger partial charge on any atom is 0.263 e.